The fourth-order valence-corrected chi connectivity index (χ4v) is 9.45. The van der Waals surface area contributed by atoms with Crippen molar-refractivity contribution in [1.29, 1.82) is 0 Å². The van der Waals surface area contributed by atoms with Crippen LogP contribution in [0.1, 0.15) is 51.0 Å². The second-order valence-corrected chi connectivity index (χ2v) is 10.6. The Morgan fingerprint density at radius 2 is 1.90 bits per heavy atom. The molecule has 2 bridgehead atoms. The minimum atomic E-state index is -0.477. The second kappa shape index (κ2) is 6.21. The van der Waals surface area contributed by atoms with E-state index in [0.29, 0.717) is 6.04 Å². The molecule has 5 fully saturated rings. The van der Waals surface area contributed by atoms with Crippen molar-refractivity contribution in [3.8, 4) is 0 Å². The molecule has 1 aromatic rings. The first-order valence-corrected chi connectivity index (χ1v) is 11.2. The van der Waals surface area contributed by atoms with Gasteiger partial charge in [-0.2, -0.15) is 0 Å². The SMILES string of the molecule is COC(=O)[C@@H]1C[C@@]23CCC[N+]4(C)CC[C@@]5(c6ccccc6N(C(C)=O)[C@]15CC2)[C@@H]34.[I-]. The van der Waals surface area contributed by atoms with Gasteiger partial charge in [0.25, 0.3) is 0 Å². The molecule has 1 aromatic carbocycles. The van der Waals surface area contributed by atoms with E-state index >= 15 is 0 Å². The van der Waals surface area contributed by atoms with Gasteiger partial charge in [-0.25, -0.2) is 0 Å². The number of quaternary nitrogens is 1. The van der Waals surface area contributed by atoms with E-state index < -0.39 is 5.54 Å². The first-order chi connectivity index (χ1) is 13.9. The molecule has 1 unspecified atom stereocenters. The van der Waals surface area contributed by atoms with Crippen LogP contribution in [0.2, 0.25) is 0 Å². The fraction of sp³-hybridized carbons (Fsp3) is 0.667. The number of para-hydroxylation sites is 1. The number of ether oxygens (including phenoxy) is 1. The van der Waals surface area contributed by atoms with Gasteiger partial charge in [-0.05, 0) is 43.7 Å². The molecule has 3 aliphatic heterocycles. The number of benzene rings is 1. The number of amides is 1. The third kappa shape index (κ3) is 1.95. The maximum atomic E-state index is 13.3. The molecule has 1 amide bonds. The molecular weight excluding hydrogens is 491 g/mol. The van der Waals surface area contributed by atoms with E-state index in [4.69, 9.17) is 4.74 Å². The Morgan fingerprint density at radius 3 is 2.63 bits per heavy atom. The number of carbonyl (C=O) groups is 2. The smallest absolute Gasteiger partial charge is 0.311 e. The Hall–Kier alpha value is -1.15. The van der Waals surface area contributed by atoms with Crippen LogP contribution in [0, 0.1) is 11.3 Å². The molecule has 6 heteroatoms. The molecule has 30 heavy (non-hydrogen) atoms. The van der Waals surface area contributed by atoms with Crippen molar-refractivity contribution >= 4 is 17.6 Å². The lowest BCUT2D eigenvalue weighted by Gasteiger charge is -2.70. The topological polar surface area (TPSA) is 46.6 Å². The number of nitrogens with zero attached hydrogens (tertiary/aromatic N) is 2. The van der Waals surface area contributed by atoms with Gasteiger partial charge in [0.2, 0.25) is 5.91 Å². The number of halogens is 1. The van der Waals surface area contributed by atoms with Gasteiger partial charge in [-0.15, -0.1) is 0 Å². The van der Waals surface area contributed by atoms with E-state index in [1.165, 1.54) is 32.1 Å². The van der Waals surface area contributed by atoms with Crippen molar-refractivity contribution in [1.82, 2.24) is 0 Å². The quantitative estimate of drug-likeness (QED) is 0.297. The zero-order valence-corrected chi connectivity index (χ0v) is 20.3. The number of rotatable bonds is 1. The van der Waals surface area contributed by atoms with E-state index in [1.54, 1.807) is 6.92 Å². The van der Waals surface area contributed by atoms with E-state index in [9.17, 15) is 9.59 Å². The Bertz CT molecular complexity index is 952. The highest BCUT2D eigenvalue weighted by Gasteiger charge is 2.85. The fourth-order valence-electron chi connectivity index (χ4n) is 9.45. The molecule has 162 valence electrons. The maximum absolute atomic E-state index is 13.3. The molecule has 3 spiro atoms. The number of likely N-dealkylation sites (N-methyl/N-ethyl adjacent to an activating group) is 1. The largest absolute Gasteiger partial charge is 1.00 e. The summed E-state index contributed by atoms with van der Waals surface area (Å²) in [5, 5.41) is 0. The molecule has 0 aromatic heterocycles. The molecule has 3 heterocycles. The third-order valence-electron chi connectivity index (χ3n) is 9.82. The Kier molecular flexibility index (Phi) is 4.29. The maximum Gasteiger partial charge on any atom is 0.311 e. The molecule has 2 saturated heterocycles. The van der Waals surface area contributed by atoms with E-state index in [-0.39, 0.29) is 52.6 Å². The zero-order chi connectivity index (χ0) is 20.2. The van der Waals surface area contributed by atoms with Crippen LogP contribution in [0.3, 0.4) is 0 Å². The number of piperidine rings is 1. The lowest BCUT2D eigenvalue weighted by molar-refractivity contribution is -0.939. The second-order valence-electron chi connectivity index (χ2n) is 10.6. The van der Waals surface area contributed by atoms with Crippen LogP contribution in [0.15, 0.2) is 24.3 Å². The summed E-state index contributed by atoms with van der Waals surface area (Å²) in [6.45, 7) is 4.04. The Labute approximate surface area is 195 Å². The minimum absolute atomic E-state index is 0. The van der Waals surface area contributed by atoms with E-state index in [0.717, 1.165) is 42.4 Å². The summed E-state index contributed by atoms with van der Waals surface area (Å²) in [7, 11) is 3.96. The van der Waals surface area contributed by atoms with Crippen molar-refractivity contribution in [3.63, 3.8) is 0 Å². The Balaban J connectivity index is 0.00000193. The van der Waals surface area contributed by atoms with Gasteiger partial charge in [0.1, 0.15) is 6.04 Å². The molecule has 0 N–H and O–H groups in total. The van der Waals surface area contributed by atoms with Crippen LogP contribution >= 0.6 is 0 Å². The van der Waals surface area contributed by atoms with Crippen molar-refractivity contribution in [2.24, 2.45) is 11.3 Å². The molecule has 3 saturated carbocycles. The monoisotopic (exact) mass is 522 g/mol. The van der Waals surface area contributed by atoms with Gasteiger partial charge in [-0.1, -0.05) is 18.2 Å². The number of hydrogen-bond acceptors (Lipinski definition) is 3. The summed E-state index contributed by atoms with van der Waals surface area (Å²) >= 11 is 0. The predicted molar refractivity (Wildman–Crippen MR) is 109 cm³/mol. The number of fused-ring (bicyclic) bond motifs is 3. The number of esters is 1. The summed E-state index contributed by atoms with van der Waals surface area (Å²) in [4.78, 5) is 28.5. The summed E-state index contributed by atoms with van der Waals surface area (Å²) in [5.41, 5.74) is 1.94. The highest BCUT2D eigenvalue weighted by molar-refractivity contribution is 5.99. The molecule has 3 aliphatic carbocycles. The van der Waals surface area contributed by atoms with Crippen LogP contribution in [0.4, 0.5) is 5.69 Å². The van der Waals surface area contributed by atoms with E-state index in [2.05, 4.69) is 30.1 Å². The van der Waals surface area contributed by atoms with Crippen LogP contribution in [-0.4, -0.2) is 55.2 Å². The summed E-state index contributed by atoms with van der Waals surface area (Å²) in [6, 6.07) is 9.02. The first kappa shape index (κ1) is 20.7. The average molecular weight is 522 g/mol. The minimum Gasteiger partial charge on any atom is -1.00 e. The molecule has 6 atom stereocenters. The van der Waals surface area contributed by atoms with Crippen LogP contribution < -0.4 is 28.9 Å². The highest BCUT2D eigenvalue weighted by atomic mass is 127. The molecular formula is C24H31IN2O3. The van der Waals surface area contributed by atoms with Gasteiger partial charge in [0, 0.05) is 24.4 Å². The summed E-state index contributed by atoms with van der Waals surface area (Å²) in [6.07, 6.45) is 6.42. The number of hydrogen-bond donors (Lipinski definition) is 0. The third-order valence-corrected chi connectivity index (χ3v) is 9.82. The summed E-state index contributed by atoms with van der Waals surface area (Å²) in [5.74, 6) is -0.291. The van der Waals surface area contributed by atoms with Crippen molar-refractivity contribution in [3.05, 3.63) is 29.8 Å². The van der Waals surface area contributed by atoms with Crippen LogP contribution in [0.5, 0.6) is 0 Å². The van der Waals surface area contributed by atoms with Crippen molar-refractivity contribution in [2.75, 3.05) is 32.1 Å². The van der Waals surface area contributed by atoms with Gasteiger partial charge in [0.15, 0.2) is 0 Å². The standard InChI is InChI=1S/C24H31N2O3.HI/c1-16(27)25-19-8-5-4-7-17(19)23-12-14-26(2)13-6-9-22(21(23)26)10-11-24(23,25)18(15-22)20(28)29-3;/h4-5,7-8,18,21H,6,9-15H2,1-3H3;1H/q+1;/p-1/t18-,21+,22+,23+,24+,26?;/m0./s1. The molecule has 0 radical (unpaired) electrons. The molecule has 5 nitrogen and oxygen atoms in total. The normalized spacial score (nSPS) is 44.6. The van der Waals surface area contributed by atoms with Gasteiger partial charge < -0.3 is 38.1 Å². The highest BCUT2D eigenvalue weighted by Crippen LogP contribution is 2.77. The van der Waals surface area contributed by atoms with Crippen LogP contribution in [-0.2, 0) is 19.7 Å². The number of carbonyl (C=O) groups excluding carboxylic acids is 2. The molecule has 6 aliphatic rings. The molecule has 7 rings (SSSR count). The lowest BCUT2D eigenvalue weighted by Crippen LogP contribution is -3.00. The van der Waals surface area contributed by atoms with Gasteiger partial charge in [-0.3, -0.25) is 9.59 Å². The van der Waals surface area contributed by atoms with Gasteiger partial charge in [0.05, 0.1) is 44.1 Å². The van der Waals surface area contributed by atoms with E-state index in [1.807, 2.05) is 6.07 Å². The lowest BCUT2D eigenvalue weighted by atomic mass is 9.38. The van der Waals surface area contributed by atoms with Crippen LogP contribution in [0.25, 0.3) is 0 Å². The van der Waals surface area contributed by atoms with Crippen molar-refractivity contribution < 1.29 is 42.8 Å². The number of anilines is 1. The summed E-state index contributed by atoms with van der Waals surface area (Å²) < 4.78 is 6.50. The zero-order valence-electron chi connectivity index (χ0n) is 18.1. The first-order valence-electron chi connectivity index (χ1n) is 11.2. The average Bonchev–Trinajstić information content (AvgIpc) is 3.19. The number of methoxy groups -OCH3 is 1. The predicted octanol–water partition coefficient (Wildman–Crippen LogP) is 0.0195. The Morgan fingerprint density at radius 1 is 1.13 bits per heavy atom. The van der Waals surface area contributed by atoms with Crippen molar-refractivity contribution in [2.45, 2.75) is 62.4 Å². The van der Waals surface area contributed by atoms with Gasteiger partial charge >= 0.3 is 5.97 Å².